The highest BCUT2D eigenvalue weighted by Crippen LogP contribution is 2.33. The van der Waals surface area contributed by atoms with Crippen LogP contribution in [-0.4, -0.2) is 27.0 Å². The lowest BCUT2D eigenvalue weighted by Gasteiger charge is -2.05. The molecule has 0 bridgehead atoms. The van der Waals surface area contributed by atoms with Crippen LogP contribution in [0.5, 0.6) is 5.75 Å². The summed E-state index contributed by atoms with van der Waals surface area (Å²) < 4.78 is 18.6. The average molecular weight is 445 g/mol. The fourth-order valence-corrected chi connectivity index (χ4v) is 3.49. The van der Waals surface area contributed by atoms with E-state index in [1.54, 1.807) is 21.0 Å². The van der Waals surface area contributed by atoms with E-state index in [-0.39, 0.29) is 17.6 Å². The number of hydrogen-bond acceptors (Lipinski definition) is 7. The van der Waals surface area contributed by atoms with Crippen LogP contribution in [-0.2, 0) is 6.54 Å². The van der Waals surface area contributed by atoms with Crippen LogP contribution in [0.15, 0.2) is 36.4 Å². The Morgan fingerprint density at radius 3 is 2.75 bits per heavy atom. The van der Waals surface area contributed by atoms with E-state index in [0.29, 0.717) is 45.5 Å². The number of aromatic nitrogens is 4. The van der Waals surface area contributed by atoms with E-state index in [1.807, 2.05) is 25.1 Å². The first-order valence-corrected chi connectivity index (χ1v) is 9.32. The van der Waals surface area contributed by atoms with Gasteiger partial charge in [-0.2, -0.15) is 5.10 Å². The van der Waals surface area contributed by atoms with Crippen molar-refractivity contribution in [1.82, 2.24) is 19.9 Å². The minimum absolute atomic E-state index is 0.160. The van der Waals surface area contributed by atoms with Gasteiger partial charge in [-0.05, 0) is 39.0 Å². The molecule has 3 heterocycles. The molecule has 0 saturated carbocycles. The highest BCUT2D eigenvalue weighted by atomic mass is 79.9. The number of nitrogens with zero attached hydrogens (tertiary/aromatic N) is 4. The molecule has 1 aromatic carbocycles. The molecule has 8 nitrogen and oxygen atoms in total. The molecule has 0 aliphatic rings. The molecule has 0 aliphatic carbocycles. The van der Waals surface area contributed by atoms with Crippen molar-refractivity contribution in [2.45, 2.75) is 27.3 Å². The maximum absolute atomic E-state index is 12.7. The second kappa shape index (κ2) is 6.90. The van der Waals surface area contributed by atoms with Gasteiger partial charge in [0.05, 0.1) is 30.3 Å². The SMILES string of the molecule is COc1ccc(Br)cc1-c1nc(Cn2nc(C)c3c(C)onc3c2=O)c(C)o1. The lowest BCUT2D eigenvalue weighted by molar-refractivity contribution is 0.405. The highest BCUT2D eigenvalue weighted by molar-refractivity contribution is 9.10. The molecule has 4 rings (SSSR count). The molecular formula is C19H17BrN4O4. The quantitative estimate of drug-likeness (QED) is 0.472. The molecule has 4 aromatic rings. The van der Waals surface area contributed by atoms with Crippen LogP contribution >= 0.6 is 15.9 Å². The predicted molar refractivity (Wildman–Crippen MR) is 106 cm³/mol. The summed E-state index contributed by atoms with van der Waals surface area (Å²) in [7, 11) is 1.59. The van der Waals surface area contributed by atoms with Gasteiger partial charge < -0.3 is 13.7 Å². The molecule has 0 radical (unpaired) electrons. The van der Waals surface area contributed by atoms with Gasteiger partial charge in [0.25, 0.3) is 5.56 Å². The zero-order chi connectivity index (χ0) is 20.0. The van der Waals surface area contributed by atoms with Gasteiger partial charge in [0, 0.05) is 4.47 Å². The minimum Gasteiger partial charge on any atom is -0.496 e. The Morgan fingerprint density at radius 2 is 2.00 bits per heavy atom. The monoisotopic (exact) mass is 444 g/mol. The van der Waals surface area contributed by atoms with E-state index in [2.05, 4.69) is 31.2 Å². The van der Waals surface area contributed by atoms with Crippen molar-refractivity contribution in [1.29, 1.82) is 0 Å². The Bertz CT molecular complexity index is 1260. The molecule has 0 fully saturated rings. The molecular weight excluding hydrogens is 428 g/mol. The fraction of sp³-hybridized carbons (Fsp3) is 0.263. The summed E-state index contributed by atoms with van der Waals surface area (Å²) in [5.74, 6) is 2.22. The smallest absolute Gasteiger partial charge is 0.297 e. The number of hydrogen-bond donors (Lipinski definition) is 0. The maximum Gasteiger partial charge on any atom is 0.297 e. The molecule has 28 heavy (non-hydrogen) atoms. The number of halogens is 1. The standard InChI is InChI=1S/C19H17BrN4O4/c1-9-16-11(3)28-23-17(16)19(25)24(22-9)8-14-10(2)27-18(21-14)13-7-12(20)5-6-15(13)26-4/h5-7H,8H2,1-4H3. The van der Waals surface area contributed by atoms with E-state index in [9.17, 15) is 4.79 Å². The van der Waals surface area contributed by atoms with Gasteiger partial charge in [0.15, 0.2) is 5.52 Å². The molecule has 0 saturated heterocycles. The number of ether oxygens (including phenoxy) is 1. The maximum atomic E-state index is 12.7. The van der Waals surface area contributed by atoms with Crippen LogP contribution in [0.2, 0.25) is 0 Å². The van der Waals surface area contributed by atoms with Crippen LogP contribution < -0.4 is 10.3 Å². The third kappa shape index (κ3) is 3.01. The molecule has 0 atom stereocenters. The van der Waals surface area contributed by atoms with Crippen molar-refractivity contribution in [3.8, 4) is 17.2 Å². The largest absolute Gasteiger partial charge is 0.496 e. The van der Waals surface area contributed by atoms with E-state index in [0.717, 1.165) is 4.47 Å². The summed E-state index contributed by atoms with van der Waals surface area (Å²) in [5.41, 5.74) is 1.92. The molecule has 144 valence electrons. The summed E-state index contributed by atoms with van der Waals surface area (Å²) in [5, 5.41) is 8.92. The minimum atomic E-state index is -0.332. The Labute approximate surface area is 168 Å². The van der Waals surface area contributed by atoms with Crippen molar-refractivity contribution >= 4 is 26.8 Å². The number of methoxy groups -OCH3 is 1. The van der Waals surface area contributed by atoms with Gasteiger partial charge in [0.1, 0.15) is 23.0 Å². The number of rotatable bonds is 4. The summed E-state index contributed by atoms with van der Waals surface area (Å²) in [6, 6.07) is 5.57. The van der Waals surface area contributed by atoms with Crippen molar-refractivity contribution in [2.24, 2.45) is 0 Å². The summed E-state index contributed by atoms with van der Waals surface area (Å²) in [6.45, 7) is 5.53. The first-order chi connectivity index (χ1) is 13.4. The molecule has 0 unspecified atom stereocenters. The first kappa shape index (κ1) is 18.4. The second-order valence-corrected chi connectivity index (χ2v) is 7.29. The number of oxazole rings is 1. The number of aryl methyl sites for hydroxylation is 3. The molecule has 0 spiro atoms. The summed E-state index contributed by atoms with van der Waals surface area (Å²) in [4.78, 5) is 17.3. The average Bonchev–Trinajstić information content (AvgIpc) is 3.23. The van der Waals surface area contributed by atoms with Gasteiger partial charge in [0.2, 0.25) is 5.89 Å². The third-order valence-electron chi connectivity index (χ3n) is 4.52. The zero-order valence-electron chi connectivity index (χ0n) is 15.7. The highest BCUT2D eigenvalue weighted by Gasteiger charge is 2.19. The van der Waals surface area contributed by atoms with Crippen LogP contribution in [0.1, 0.15) is 22.9 Å². The predicted octanol–water partition coefficient (Wildman–Crippen LogP) is 3.78. The van der Waals surface area contributed by atoms with Crippen molar-refractivity contribution < 1.29 is 13.7 Å². The molecule has 3 aromatic heterocycles. The van der Waals surface area contributed by atoms with Gasteiger partial charge in [-0.1, -0.05) is 21.1 Å². The van der Waals surface area contributed by atoms with Crippen LogP contribution in [0.4, 0.5) is 0 Å². The van der Waals surface area contributed by atoms with Crippen molar-refractivity contribution in [3.05, 3.63) is 55.9 Å². The van der Waals surface area contributed by atoms with E-state index in [1.165, 1.54) is 4.68 Å². The van der Waals surface area contributed by atoms with Crippen molar-refractivity contribution in [2.75, 3.05) is 7.11 Å². The van der Waals surface area contributed by atoms with Crippen LogP contribution in [0, 0.1) is 20.8 Å². The van der Waals surface area contributed by atoms with E-state index < -0.39 is 0 Å². The third-order valence-corrected chi connectivity index (χ3v) is 5.01. The van der Waals surface area contributed by atoms with E-state index >= 15 is 0 Å². The second-order valence-electron chi connectivity index (χ2n) is 6.38. The number of fused-ring (bicyclic) bond motifs is 1. The Kier molecular flexibility index (Phi) is 4.54. The fourth-order valence-electron chi connectivity index (χ4n) is 3.13. The molecule has 0 N–H and O–H groups in total. The lowest BCUT2D eigenvalue weighted by Crippen LogP contribution is -2.25. The van der Waals surface area contributed by atoms with Gasteiger partial charge >= 0.3 is 0 Å². The van der Waals surface area contributed by atoms with Crippen LogP contribution in [0.3, 0.4) is 0 Å². The van der Waals surface area contributed by atoms with Gasteiger partial charge in [-0.15, -0.1) is 0 Å². The Morgan fingerprint density at radius 1 is 1.21 bits per heavy atom. The molecule has 0 amide bonds. The topological polar surface area (TPSA) is 96.2 Å². The van der Waals surface area contributed by atoms with E-state index in [4.69, 9.17) is 13.7 Å². The van der Waals surface area contributed by atoms with Crippen LogP contribution in [0.25, 0.3) is 22.4 Å². The zero-order valence-corrected chi connectivity index (χ0v) is 17.3. The van der Waals surface area contributed by atoms with Gasteiger partial charge in [-0.3, -0.25) is 4.79 Å². The van der Waals surface area contributed by atoms with Gasteiger partial charge in [-0.25, -0.2) is 9.67 Å². The molecule has 0 aliphatic heterocycles. The molecule has 9 heteroatoms. The first-order valence-electron chi connectivity index (χ1n) is 8.53. The van der Waals surface area contributed by atoms with Crippen molar-refractivity contribution in [3.63, 3.8) is 0 Å². The summed E-state index contributed by atoms with van der Waals surface area (Å²) >= 11 is 3.45. The Balaban J connectivity index is 1.77. The lowest BCUT2D eigenvalue weighted by atomic mass is 10.2. The Hall–Kier alpha value is -2.94. The summed E-state index contributed by atoms with van der Waals surface area (Å²) in [6.07, 6.45) is 0. The number of benzene rings is 1. The normalized spacial score (nSPS) is 11.3.